The van der Waals surface area contributed by atoms with Crippen molar-refractivity contribution in [2.45, 2.75) is 45.7 Å². The van der Waals surface area contributed by atoms with Crippen molar-refractivity contribution in [3.63, 3.8) is 0 Å². The lowest BCUT2D eigenvalue weighted by atomic mass is 10.2. The first-order valence-corrected chi connectivity index (χ1v) is 5.50. The van der Waals surface area contributed by atoms with Gasteiger partial charge < -0.3 is 24.4 Å². The number of ether oxygens (including phenoxy) is 3. The van der Waals surface area contributed by atoms with E-state index >= 15 is 0 Å². The molecule has 0 fully saturated rings. The number of hydrogen-bond acceptors (Lipinski definition) is 7. The van der Waals surface area contributed by atoms with E-state index in [1.165, 1.54) is 0 Å². The van der Waals surface area contributed by atoms with Crippen LogP contribution in [0.4, 0.5) is 0 Å². The summed E-state index contributed by atoms with van der Waals surface area (Å²) in [5.74, 6) is -5.23. The summed E-state index contributed by atoms with van der Waals surface area (Å²) < 4.78 is 14.1. The summed E-state index contributed by atoms with van der Waals surface area (Å²) in [6.45, 7) is 2.89. The van der Waals surface area contributed by atoms with Gasteiger partial charge in [-0.3, -0.25) is 19.2 Å². The Balaban J connectivity index is 4.64. The Bertz CT molecular complexity index is 363. The molecule has 0 heterocycles. The van der Waals surface area contributed by atoms with E-state index in [1.54, 1.807) is 20.8 Å². The molecule has 0 aliphatic heterocycles. The summed E-state index contributed by atoms with van der Waals surface area (Å²) in [6.07, 6.45) is -1.89. The number of carboxylic acids is 2. The summed E-state index contributed by atoms with van der Waals surface area (Å²) in [6, 6.07) is 0. The molecule has 2 N–H and O–H groups in total. The third-order valence-electron chi connectivity index (χ3n) is 1.50. The number of carboxylic acid groups (broad SMARTS) is 2. The Kier molecular flexibility index (Phi) is 6.63. The van der Waals surface area contributed by atoms with E-state index in [2.05, 4.69) is 9.47 Å². The second kappa shape index (κ2) is 7.43. The molecule has 0 aromatic heterocycles. The molecule has 0 aliphatic rings. The number of carbonyl (C=O) groups is 4. The van der Waals surface area contributed by atoms with Crippen molar-refractivity contribution < 1.29 is 43.6 Å². The van der Waals surface area contributed by atoms with Crippen molar-refractivity contribution in [2.75, 3.05) is 0 Å². The summed E-state index contributed by atoms with van der Waals surface area (Å²) >= 11 is 0. The maximum absolute atomic E-state index is 11.2. The minimum atomic E-state index is -1.81. The van der Waals surface area contributed by atoms with Crippen LogP contribution < -0.4 is 0 Å². The van der Waals surface area contributed by atoms with E-state index in [1.807, 2.05) is 0 Å². The fourth-order valence-electron chi connectivity index (χ4n) is 0.906. The molecule has 20 heavy (non-hydrogen) atoms. The van der Waals surface area contributed by atoms with Gasteiger partial charge in [-0.2, -0.15) is 0 Å². The molecule has 114 valence electrons. The average molecular weight is 292 g/mol. The Morgan fingerprint density at radius 2 is 1.25 bits per heavy atom. The van der Waals surface area contributed by atoms with Gasteiger partial charge >= 0.3 is 30.4 Å². The van der Waals surface area contributed by atoms with E-state index < -0.39 is 48.8 Å². The van der Waals surface area contributed by atoms with Gasteiger partial charge in [0.2, 0.25) is 0 Å². The maximum atomic E-state index is 11.2. The third kappa shape index (κ3) is 9.83. The molecule has 0 rings (SSSR count). The normalized spacial score (nSPS) is 11.0. The van der Waals surface area contributed by atoms with E-state index in [4.69, 9.17) is 14.9 Å². The fourth-order valence-corrected chi connectivity index (χ4v) is 0.906. The minimum absolute atomic E-state index is 0.877. The SMILES string of the molecule is CC(C)(C)OC(OC(=O)CC(=O)O)OC(=O)CC(=O)O. The predicted octanol–water partition coefficient (Wildman–Crippen LogP) is 0.121. The molecule has 0 aromatic rings. The van der Waals surface area contributed by atoms with Crippen LogP contribution in [0.3, 0.4) is 0 Å². The first kappa shape index (κ1) is 17.8. The monoisotopic (exact) mass is 292 g/mol. The molecule has 0 unspecified atom stereocenters. The van der Waals surface area contributed by atoms with Gasteiger partial charge in [0.15, 0.2) is 0 Å². The molecule has 0 aliphatic carbocycles. The lowest BCUT2D eigenvalue weighted by Gasteiger charge is -2.26. The van der Waals surface area contributed by atoms with E-state index in [0.29, 0.717) is 0 Å². The van der Waals surface area contributed by atoms with Crippen molar-refractivity contribution >= 4 is 23.9 Å². The molecule has 0 aromatic carbocycles. The molecule has 0 spiro atoms. The third-order valence-corrected chi connectivity index (χ3v) is 1.50. The standard InChI is InChI=1S/C11H16O9/c1-11(2,3)20-10(18-8(16)4-6(12)13)19-9(17)5-7(14)15/h10H,4-5H2,1-3H3,(H,12,13)(H,14,15). The van der Waals surface area contributed by atoms with Gasteiger partial charge in [-0.15, -0.1) is 0 Å². The van der Waals surface area contributed by atoms with Gasteiger partial charge in [-0.25, -0.2) is 0 Å². The van der Waals surface area contributed by atoms with Crippen LogP contribution in [0.2, 0.25) is 0 Å². The lowest BCUT2D eigenvalue weighted by molar-refractivity contribution is -0.292. The van der Waals surface area contributed by atoms with Gasteiger partial charge in [0.05, 0.1) is 5.60 Å². The van der Waals surface area contributed by atoms with E-state index in [-0.39, 0.29) is 0 Å². The van der Waals surface area contributed by atoms with Crippen molar-refractivity contribution in [1.29, 1.82) is 0 Å². The molecule has 0 amide bonds. The molecule has 0 saturated carbocycles. The highest BCUT2D eigenvalue weighted by Crippen LogP contribution is 2.14. The zero-order valence-electron chi connectivity index (χ0n) is 11.2. The number of hydrogen-bond donors (Lipinski definition) is 2. The van der Waals surface area contributed by atoms with Gasteiger partial charge in [-0.1, -0.05) is 0 Å². The van der Waals surface area contributed by atoms with Crippen molar-refractivity contribution in [3.05, 3.63) is 0 Å². The highest BCUT2D eigenvalue weighted by Gasteiger charge is 2.27. The zero-order valence-corrected chi connectivity index (χ0v) is 11.2. The number of rotatable bonds is 7. The molecule has 0 atom stereocenters. The largest absolute Gasteiger partial charge is 0.481 e. The molecule has 0 saturated heterocycles. The van der Waals surface area contributed by atoms with E-state index in [9.17, 15) is 19.2 Å². The Labute approximate surface area is 114 Å². The Morgan fingerprint density at radius 3 is 1.50 bits per heavy atom. The quantitative estimate of drug-likeness (QED) is 0.380. The van der Waals surface area contributed by atoms with E-state index in [0.717, 1.165) is 0 Å². The van der Waals surface area contributed by atoms with Crippen molar-refractivity contribution in [2.24, 2.45) is 0 Å². The average Bonchev–Trinajstić information content (AvgIpc) is 2.09. The lowest BCUT2D eigenvalue weighted by Crippen LogP contribution is -2.35. The van der Waals surface area contributed by atoms with Crippen LogP contribution in [0.1, 0.15) is 33.6 Å². The molecular formula is C11H16O9. The highest BCUT2D eigenvalue weighted by molar-refractivity contribution is 5.91. The van der Waals surface area contributed by atoms with Crippen LogP contribution in [0.25, 0.3) is 0 Å². The summed E-state index contributed by atoms with van der Waals surface area (Å²) in [5.41, 5.74) is -0.877. The van der Waals surface area contributed by atoms with Crippen LogP contribution in [0, 0.1) is 0 Å². The predicted molar refractivity (Wildman–Crippen MR) is 61.3 cm³/mol. The van der Waals surface area contributed by atoms with Gasteiger partial charge in [0, 0.05) is 0 Å². The molecule has 9 heteroatoms. The fraction of sp³-hybridized carbons (Fsp3) is 0.636. The second-order valence-electron chi connectivity index (χ2n) is 4.64. The zero-order chi connectivity index (χ0) is 15.9. The van der Waals surface area contributed by atoms with Crippen LogP contribution in [-0.2, 0) is 33.4 Å². The smallest absolute Gasteiger partial charge is 0.365 e. The number of aliphatic carboxylic acids is 2. The maximum Gasteiger partial charge on any atom is 0.365 e. The number of carbonyl (C=O) groups excluding carboxylic acids is 2. The van der Waals surface area contributed by atoms with Crippen LogP contribution in [0.15, 0.2) is 0 Å². The highest BCUT2D eigenvalue weighted by atomic mass is 16.9. The van der Waals surface area contributed by atoms with Crippen LogP contribution in [-0.4, -0.2) is 46.2 Å². The Morgan fingerprint density at radius 1 is 0.900 bits per heavy atom. The number of esters is 2. The minimum Gasteiger partial charge on any atom is -0.481 e. The summed E-state index contributed by atoms with van der Waals surface area (Å²) in [5, 5.41) is 16.8. The second-order valence-corrected chi connectivity index (χ2v) is 4.64. The summed E-state index contributed by atoms with van der Waals surface area (Å²) in [4.78, 5) is 43.0. The molecule has 9 nitrogen and oxygen atoms in total. The topological polar surface area (TPSA) is 136 Å². The molecule has 0 radical (unpaired) electrons. The van der Waals surface area contributed by atoms with Gasteiger partial charge in [-0.05, 0) is 20.8 Å². The van der Waals surface area contributed by atoms with Gasteiger partial charge in [0.1, 0.15) is 12.8 Å². The van der Waals surface area contributed by atoms with Crippen molar-refractivity contribution in [1.82, 2.24) is 0 Å². The first-order valence-electron chi connectivity index (χ1n) is 5.50. The summed E-state index contributed by atoms with van der Waals surface area (Å²) in [7, 11) is 0. The first-order chi connectivity index (χ1) is 8.99. The van der Waals surface area contributed by atoms with Crippen LogP contribution >= 0.6 is 0 Å². The Hall–Kier alpha value is -2.16. The van der Waals surface area contributed by atoms with Crippen molar-refractivity contribution in [3.8, 4) is 0 Å². The molecule has 0 bridgehead atoms. The van der Waals surface area contributed by atoms with Gasteiger partial charge in [0.25, 0.3) is 0 Å². The van der Waals surface area contributed by atoms with Crippen LogP contribution in [0.5, 0.6) is 0 Å². The molecular weight excluding hydrogens is 276 g/mol.